The van der Waals surface area contributed by atoms with E-state index in [0.717, 1.165) is 18.5 Å². The van der Waals surface area contributed by atoms with Crippen LogP contribution in [0.25, 0.3) is 0 Å². The summed E-state index contributed by atoms with van der Waals surface area (Å²) in [5.74, 6) is 0.573. The number of benzene rings is 1. The molecule has 3 heteroatoms. The second-order valence-electron chi connectivity index (χ2n) is 5.37. The molecule has 0 aromatic heterocycles. The highest BCUT2D eigenvalue weighted by Crippen LogP contribution is 2.39. The topological polar surface area (TPSA) is 35.8 Å². The highest BCUT2D eigenvalue weighted by Gasteiger charge is 2.41. The number of nitrogens with zero attached hydrogens (tertiary/aromatic N) is 1. The van der Waals surface area contributed by atoms with Gasteiger partial charge in [0.15, 0.2) is 0 Å². The lowest BCUT2D eigenvalue weighted by molar-refractivity contribution is 0.206. The van der Waals surface area contributed by atoms with Gasteiger partial charge in [-0.2, -0.15) is 5.26 Å². The van der Waals surface area contributed by atoms with Gasteiger partial charge < -0.3 is 5.32 Å². The van der Waals surface area contributed by atoms with E-state index >= 15 is 0 Å². The Morgan fingerprint density at radius 2 is 2.00 bits per heavy atom. The van der Waals surface area contributed by atoms with Crippen molar-refractivity contribution in [1.82, 2.24) is 0 Å². The van der Waals surface area contributed by atoms with Gasteiger partial charge in [-0.25, -0.2) is 4.39 Å². The molecule has 1 aliphatic carbocycles. The molecule has 1 fully saturated rings. The molecule has 18 heavy (non-hydrogen) atoms. The van der Waals surface area contributed by atoms with E-state index in [0.29, 0.717) is 11.8 Å². The Bertz CT molecular complexity index is 449. The predicted octanol–water partition coefficient (Wildman–Crippen LogP) is 3.96. The number of halogens is 1. The van der Waals surface area contributed by atoms with E-state index in [1.807, 2.05) is 0 Å². The number of nitriles is 1. The largest absolute Gasteiger partial charge is 0.367 e. The van der Waals surface area contributed by atoms with Crippen molar-refractivity contribution >= 4 is 5.69 Å². The summed E-state index contributed by atoms with van der Waals surface area (Å²) in [7, 11) is 0. The van der Waals surface area contributed by atoms with Crippen molar-refractivity contribution in [2.45, 2.75) is 38.6 Å². The second-order valence-corrected chi connectivity index (χ2v) is 5.37. The Hall–Kier alpha value is -1.56. The van der Waals surface area contributed by atoms with E-state index in [1.165, 1.54) is 18.6 Å². The van der Waals surface area contributed by atoms with Crippen LogP contribution in [0.5, 0.6) is 0 Å². The molecule has 96 valence electrons. The van der Waals surface area contributed by atoms with Gasteiger partial charge in [0, 0.05) is 5.69 Å². The van der Waals surface area contributed by atoms with Crippen molar-refractivity contribution in [1.29, 1.82) is 5.26 Å². The van der Waals surface area contributed by atoms with Gasteiger partial charge in [-0.05, 0) is 48.9 Å². The van der Waals surface area contributed by atoms with Crippen molar-refractivity contribution < 1.29 is 4.39 Å². The summed E-state index contributed by atoms with van der Waals surface area (Å²) in [6.45, 7) is 4.33. The number of anilines is 1. The minimum Gasteiger partial charge on any atom is -0.367 e. The fourth-order valence-corrected chi connectivity index (χ4v) is 2.82. The Morgan fingerprint density at radius 1 is 1.33 bits per heavy atom. The van der Waals surface area contributed by atoms with Crippen LogP contribution >= 0.6 is 0 Å². The van der Waals surface area contributed by atoms with Gasteiger partial charge in [-0.15, -0.1) is 0 Å². The third kappa shape index (κ3) is 2.33. The van der Waals surface area contributed by atoms with Crippen LogP contribution in [0.15, 0.2) is 24.3 Å². The summed E-state index contributed by atoms with van der Waals surface area (Å²) >= 11 is 0. The van der Waals surface area contributed by atoms with Gasteiger partial charge in [0.2, 0.25) is 0 Å². The maximum Gasteiger partial charge on any atom is 0.128 e. The zero-order valence-corrected chi connectivity index (χ0v) is 10.9. The van der Waals surface area contributed by atoms with E-state index in [4.69, 9.17) is 0 Å². The van der Waals surface area contributed by atoms with Gasteiger partial charge in [0.05, 0.1) is 6.07 Å². The fourth-order valence-electron chi connectivity index (χ4n) is 2.82. The summed E-state index contributed by atoms with van der Waals surface area (Å²) < 4.78 is 12.9. The first-order valence-electron chi connectivity index (χ1n) is 6.52. The van der Waals surface area contributed by atoms with E-state index in [2.05, 4.69) is 25.2 Å². The van der Waals surface area contributed by atoms with Crippen LogP contribution in [0, 0.1) is 29.0 Å². The molecule has 1 N–H and O–H groups in total. The number of nitrogens with one attached hydrogen (secondary N) is 1. The van der Waals surface area contributed by atoms with Gasteiger partial charge in [-0.1, -0.05) is 20.3 Å². The lowest BCUT2D eigenvalue weighted by Crippen LogP contribution is -2.48. The molecule has 0 spiro atoms. The highest BCUT2D eigenvalue weighted by atomic mass is 19.1. The standard InChI is InChI=1S/C15H19FN2/c1-11-4-3-9-15(10-17,12(11)2)18-14-7-5-13(16)6-8-14/h5-8,11-12,18H,3-4,9H2,1-2H3. The molecule has 0 saturated heterocycles. The maximum atomic E-state index is 12.9. The zero-order chi connectivity index (χ0) is 13.2. The van der Waals surface area contributed by atoms with Crippen LogP contribution in [-0.4, -0.2) is 5.54 Å². The predicted molar refractivity (Wildman–Crippen MR) is 70.5 cm³/mol. The summed E-state index contributed by atoms with van der Waals surface area (Å²) in [6, 6.07) is 8.69. The molecule has 1 aromatic carbocycles. The van der Waals surface area contributed by atoms with Gasteiger partial charge in [0.1, 0.15) is 11.4 Å². The molecule has 0 bridgehead atoms. The molecule has 1 aromatic rings. The van der Waals surface area contributed by atoms with E-state index < -0.39 is 5.54 Å². The Morgan fingerprint density at radius 3 is 2.61 bits per heavy atom. The molecule has 1 saturated carbocycles. The normalized spacial score (nSPS) is 31.7. The monoisotopic (exact) mass is 246 g/mol. The Balaban J connectivity index is 2.23. The first kappa shape index (κ1) is 12.9. The van der Waals surface area contributed by atoms with Crippen molar-refractivity contribution in [3.8, 4) is 6.07 Å². The number of rotatable bonds is 2. The summed E-state index contributed by atoms with van der Waals surface area (Å²) in [5.41, 5.74) is 0.300. The van der Waals surface area contributed by atoms with Crippen molar-refractivity contribution in [2.75, 3.05) is 5.32 Å². The summed E-state index contributed by atoms with van der Waals surface area (Å²) in [4.78, 5) is 0. The van der Waals surface area contributed by atoms with Crippen molar-refractivity contribution in [3.63, 3.8) is 0 Å². The minimum atomic E-state index is -0.518. The molecule has 1 aliphatic rings. The summed E-state index contributed by atoms with van der Waals surface area (Å²) in [5, 5.41) is 12.9. The second kappa shape index (κ2) is 4.97. The molecular weight excluding hydrogens is 227 g/mol. The van der Waals surface area contributed by atoms with Crippen LogP contribution in [0.2, 0.25) is 0 Å². The third-order valence-electron chi connectivity index (χ3n) is 4.27. The lowest BCUT2D eigenvalue weighted by atomic mass is 9.69. The van der Waals surface area contributed by atoms with Crippen LogP contribution in [0.3, 0.4) is 0 Å². The first-order chi connectivity index (χ1) is 8.57. The Kier molecular flexibility index (Phi) is 3.56. The molecule has 0 radical (unpaired) electrons. The minimum absolute atomic E-state index is 0.253. The molecule has 2 rings (SSSR count). The quantitative estimate of drug-likeness (QED) is 0.857. The molecule has 0 heterocycles. The molecule has 3 atom stereocenters. The van der Waals surface area contributed by atoms with E-state index in [1.54, 1.807) is 12.1 Å². The smallest absolute Gasteiger partial charge is 0.128 e. The highest BCUT2D eigenvalue weighted by molar-refractivity contribution is 5.48. The molecule has 0 amide bonds. The summed E-state index contributed by atoms with van der Waals surface area (Å²) in [6.07, 6.45) is 3.09. The first-order valence-corrected chi connectivity index (χ1v) is 6.52. The third-order valence-corrected chi connectivity index (χ3v) is 4.27. The van der Waals surface area contributed by atoms with Gasteiger partial charge in [0.25, 0.3) is 0 Å². The maximum absolute atomic E-state index is 12.9. The van der Waals surface area contributed by atoms with Crippen LogP contribution in [0.1, 0.15) is 33.1 Å². The van der Waals surface area contributed by atoms with Crippen LogP contribution < -0.4 is 5.32 Å². The average molecular weight is 246 g/mol. The SMILES string of the molecule is CC1CCCC(C#N)(Nc2ccc(F)cc2)C1C. The molecule has 2 nitrogen and oxygen atoms in total. The van der Waals surface area contributed by atoms with Crippen molar-refractivity contribution in [2.24, 2.45) is 11.8 Å². The van der Waals surface area contributed by atoms with Crippen LogP contribution in [-0.2, 0) is 0 Å². The van der Waals surface area contributed by atoms with Gasteiger partial charge >= 0.3 is 0 Å². The Labute approximate surface area is 108 Å². The van der Waals surface area contributed by atoms with E-state index in [-0.39, 0.29) is 5.82 Å². The molecule has 0 aliphatic heterocycles. The van der Waals surface area contributed by atoms with E-state index in [9.17, 15) is 9.65 Å². The molecule has 3 unspecified atom stereocenters. The number of hydrogen-bond donors (Lipinski definition) is 1. The zero-order valence-electron chi connectivity index (χ0n) is 10.9. The number of hydrogen-bond acceptors (Lipinski definition) is 2. The lowest BCUT2D eigenvalue weighted by Gasteiger charge is -2.42. The van der Waals surface area contributed by atoms with Gasteiger partial charge in [-0.3, -0.25) is 0 Å². The molecular formula is C15H19FN2. The average Bonchev–Trinajstić information content (AvgIpc) is 2.38. The van der Waals surface area contributed by atoms with Crippen LogP contribution in [0.4, 0.5) is 10.1 Å². The fraction of sp³-hybridized carbons (Fsp3) is 0.533. The van der Waals surface area contributed by atoms with Crippen molar-refractivity contribution in [3.05, 3.63) is 30.1 Å².